The van der Waals surface area contributed by atoms with Crippen LogP contribution in [0, 0.1) is 0 Å². The molecule has 1 N–H and O–H groups in total. The molecule has 3 nitrogen and oxygen atoms in total. The van der Waals surface area contributed by atoms with Gasteiger partial charge in [0.25, 0.3) is 0 Å². The van der Waals surface area contributed by atoms with Crippen molar-refractivity contribution in [3.05, 3.63) is 39.5 Å². The van der Waals surface area contributed by atoms with Crippen LogP contribution in [0.1, 0.15) is 12.0 Å². The first-order valence-corrected chi connectivity index (χ1v) is 5.32. The summed E-state index contributed by atoms with van der Waals surface area (Å²) >= 11 is 11.9. The Balaban J connectivity index is 2.44. The highest BCUT2D eigenvalue weighted by molar-refractivity contribution is 6.37. The molecule has 0 atom stereocenters. The maximum absolute atomic E-state index is 11.4. The number of amides is 1. The van der Waals surface area contributed by atoms with Gasteiger partial charge >= 0.3 is 0 Å². The number of hydrogen-bond donors (Lipinski definition) is 1. The number of rotatable bonds is 1. The summed E-state index contributed by atoms with van der Waals surface area (Å²) in [6.07, 6.45) is 1.38. The highest BCUT2D eigenvalue weighted by atomic mass is 35.5. The van der Waals surface area contributed by atoms with Gasteiger partial charge in [-0.2, -0.15) is 0 Å². The number of Topliss-reactive ketones (excluding diaryl/α,β-unsaturated/α-hetero) is 1. The smallest absolute Gasteiger partial charge is 0.232 e. The van der Waals surface area contributed by atoms with Gasteiger partial charge in [-0.05, 0) is 18.2 Å². The monoisotopic (exact) mass is 255 g/mol. The van der Waals surface area contributed by atoms with Crippen LogP contribution < -0.4 is 5.32 Å². The first-order valence-electron chi connectivity index (χ1n) is 4.56. The standard InChI is InChI=1S/C11H7Cl2NO2/c12-7-2-1-3-8(13)6(7)4-9-10(15)5-11(16)14-9/h1-4H,5H2,(H,14,16). The van der Waals surface area contributed by atoms with Gasteiger partial charge in [-0.3, -0.25) is 9.59 Å². The van der Waals surface area contributed by atoms with Gasteiger partial charge in [0.15, 0.2) is 5.78 Å². The van der Waals surface area contributed by atoms with E-state index in [-0.39, 0.29) is 23.8 Å². The van der Waals surface area contributed by atoms with E-state index in [1.54, 1.807) is 18.2 Å². The molecule has 0 bridgehead atoms. The van der Waals surface area contributed by atoms with Crippen molar-refractivity contribution in [2.24, 2.45) is 0 Å². The minimum atomic E-state index is -0.306. The number of benzene rings is 1. The van der Waals surface area contributed by atoms with E-state index in [9.17, 15) is 9.59 Å². The molecule has 0 unspecified atom stereocenters. The Morgan fingerprint density at radius 3 is 2.31 bits per heavy atom. The second-order valence-corrected chi connectivity index (χ2v) is 4.16. The van der Waals surface area contributed by atoms with Crippen LogP contribution in [0.5, 0.6) is 0 Å². The maximum Gasteiger partial charge on any atom is 0.232 e. The van der Waals surface area contributed by atoms with Crippen LogP contribution in [0.15, 0.2) is 23.9 Å². The molecule has 5 heteroatoms. The number of hydrogen-bond acceptors (Lipinski definition) is 2. The Morgan fingerprint density at radius 1 is 1.19 bits per heavy atom. The third-order valence-electron chi connectivity index (χ3n) is 2.18. The molecule has 0 aromatic heterocycles. The van der Waals surface area contributed by atoms with Crippen molar-refractivity contribution in [2.75, 3.05) is 0 Å². The fourth-order valence-corrected chi connectivity index (χ4v) is 1.92. The molecule has 0 aliphatic carbocycles. The summed E-state index contributed by atoms with van der Waals surface area (Å²) in [5.41, 5.74) is 0.774. The van der Waals surface area contributed by atoms with Crippen LogP contribution in [0.2, 0.25) is 10.0 Å². The van der Waals surface area contributed by atoms with E-state index < -0.39 is 0 Å². The molecule has 1 aliphatic rings. The highest BCUT2D eigenvalue weighted by Gasteiger charge is 2.24. The summed E-state index contributed by atoms with van der Waals surface area (Å²) in [5, 5.41) is 3.34. The van der Waals surface area contributed by atoms with Gasteiger partial charge in [0, 0.05) is 15.6 Å². The van der Waals surface area contributed by atoms with Gasteiger partial charge in [-0.15, -0.1) is 0 Å². The Kier molecular flexibility index (Phi) is 2.99. The first-order chi connectivity index (χ1) is 7.58. The van der Waals surface area contributed by atoms with Crippen molar-refractivity contribution < 1.29 is 9.59 Å². The lowest BCUT2D eigenvalue weighted by molar-refractivity contribution is -0.121. The third-order valence-corrected chi connectivity index (χ3v) is 2.84. The summed E-state index contributed by atoms with van der Waals surface area (Å²) in [6.45, 7) is 0. The van der Waals surface area contributed by atoms with Gasteiger partial charge in [-0.1, -0.05) is 29.3 Å². The van der Waals surface area contributed by atoms with E-state index in [2.05, 4.69) is 5.32 Å². The Hall–Kier alpha value is -1.32. The normalized spacial score (nSPS) is 18.0. The SMILES string of the molecule is O=C1CC(=O)C(=Cc2c(Cl)cccc2Cl)N1. The molecule has 0 radical (unpaired) electrons. The number of carbonyl (C=O) groups excluding carboxylic acids is 2. The van der Waals surface area contributed by atoms with Crippen molar-refractivity contribution in [3.63, 3.8) is 0 Å². The molecule has 1 heterocycles. The third kappa shape index (κ3) is 2.10. The van der Waals surface area contributed by atoms with Crippen molar-refractivity contribution in [3.8, 4) is 0 Å². The van der Waals surface area contributed by atoms with Crippen molar-refractivity contribution in [2.45, 2.75) is 6.42 Å². The summed E-state index contributed by atoms with van der Waals surface area (Å²) in [5.74, 6) is -0.555. The van der Waals surface area contributed by atoms with Crippen molar-refractivity contribution >= 4 is 41.0 Å². The first kappa shape index (κ1) is 11.2. The number of ketones is 1. The van der Waals surface area contributed by atoms with Gasteiger partial charge < -0.3 is 5.32 Å². The van der Waals surface area contributed by atoms with Crippen molar-refractivity contribution in [1.82, 2.24) is 5.32 Å². The molecule has 1 aromatic rings. The minimum Gasteiger partial charge on any atom is -0.323 e. The zero-order valence-corrected chi connectivity index (χ0v) is 9.60. The van der Waals surface area contributed by atoms with E-state index in [0.29, 0.717) is 15.6 Å². The van der Waals surface area contributed by atoms with Crippen molar-refractivity contribution in [1.29, 1.82) is 0 Å². The average molecular weight is 256 g/mol. The van der Waals surface area contributed by atoms with Crippen LogP contribution in [0.25, 0.3) is 6.08 Å². The molecule has 0 saturated carbocycles. The molecule has 16 heavy (non-hydrogen) atoms. The second kappa shape index (κ2) is 4.28. The van der Waals surface area contributed by atoms with E-state index in [4.69, 9.17) is 23.2 Å². The average Bonchev–Trinajstić information content (AvgIpc) is 2.51. The topological polar surface area (TPSA) is 46.2 Å². The maximum atomic E-state index is 11.4. The highest BCUT2D eigenvalue weighted by Crippen LogP contribution is 2.27. The lowest BCUT2D eigenvalue weighted by Gasteiger charge is -2.02. The summed E-state index contributed by atoms with van der Waals surface area (Å²) in [6, 6.07) is 5.05. The van der Waals surface area contributed by atoms with Gasteiger partial charge in [-0.25, -0.2) is 0 Å². The number of carbonyl (C=O) groups is 2. The van der Waals surface area contributed by atoms with E-state index >= 15 is 0 Å². The van der Waals surface area contributed by atoms with Gasteiger partial charge in [0.05, 0.1) is 12.1 Å². The molecule has 1 saturated heterocycles. The molecule has 1 amide bonds. The zero-order valence-electron chi connectivity index (χ0n) is 8.09. The minimum absolute atomic E-state index is 0.117. The molecular formula is C11H7Cl2NO2. The van der Waals surface area contributed by atoms with E-state index in [1.165, 1.54) is 6.08 Å². The molecule has 1 aliphatic heterocycles. The summed E-state index contributed by atoms with van der Waals surface area (Å²) in [7, 11) is 0. The number of halogens is 2. The van der Waals surface area contributed by atoms with Crippen LogP contribution in [0.3, 0.4) is 0 Å². The predicted octanol–water partition coefficient (Wildman–Crippen LogP) is 2.42. The number of nitrogens with one attached hydrogen (secondary N) is 1. The molecule has 0 spiro atoms. The fourth-order valence-electron chi connectivity index (χ4n) is 1.41. The summed E-state index contributed by atoms with van der Waals surface area (Å²) in [4.78, 5) is 22.4. The molecular weight excluding hydrogens is 249 g/mol. The van der Waals surface area contributed by atoms with Crippen LogP contribution >= 0.6 is 23.2 Å². The molecule has 1 fully saturated rings. The summed E-state index contributed by atoms with van der Waals surface area (Å²) < 4.78 is 0. The Bertz CT molecular complexity index is 488. The second-order valence-electron chi connectivity index (χ2n) is 3.34. The van der Waals surface area contributed by atoms with Crippen LogP contribution in [-0.4, -0.2) is 11.7 Å². The Morgan fingerprint density at radius 2 is 1.81 bits per heavy atom. The lowest BCUT2D eigenvalue weighted by Crippen LogP contribution is -2.12. The van der Waals surface area contributed by atoms with E-state index in [1.807, 2.05) is 0 Å². The largest absolute Gasteiger partial charge is 0.323 e. The number of allylic oxidation sites excluding steroid dienone is 1. The fraction of sp³-hybridized carbons (Fsp3) is 0.0909. The van der Waals surface area contributed by atoms with E-state index in [0.717, 1.165) is 0 Å². The molecule has 2 rings (SSSR count). The lowest BCUT2D eigenvalue weighted by atomic mass is 10.1. The van der Waals surface area contributed by atoms with Gasteiger partial charge in [0.1, 0.15) is 0 Å². The van der Waals surface area contributed by atoms with Gasteiger partial charge in [0.2, 0.25) is 5.91 Å². The molecule has 1 aromatic carbocycles. The zero-order chi connectivity index (χ0) is 11.7. The van der Waals surface area contributed by atoms with Crippen LogP contribution in [-0.2, 0) is 9.59 Å². The molecule has 82 valence electrons. The predicted molar refractivity (Wildman–Crippen MR) is 62.2 cm³/mol. The quantitative estimate of drug-likeness (QED) is 0.619. The van der Waals surface area contributed by atoms with Crippen LogP contribution in [0.4, 0.5) is 0 Å². The Labute approximate surface area is 102 Å².